The van der Waals surface area contributed by atoms with Crippen LogP contribution in [0.5, 0.6) is 0 Å². The zero-order valence-electron chi connectivity index (χ0n) is 28.6. The number of carbonyl (C=O) groups is 1. The van der Waals surface area contributed by atoms with Gasteiger partial charge in [0, 0.05) is 64.0 Å². The van der Waals surface area contributed by atoms with Crippen LogP contribution >= 0.6 is 0 Å². The molecule has 2 aromatic carbocycles. The van der Waals surface area contributed by atoms with E-state index in [1.54, 1.807) is 0 Å². The van der Waals surface area contributed by atoms with Crippen molar-refractivity contribution < 1.29 is 30.0 Å². The smallest absolute Gasteiger partial charge is 0.162 e. The first-order chi connectivity index (χ1) is 20.3. The molecule has 0 spiro atoms. The Balaban J connectivity index is 0.000000363. The Morgan fingerprint density at radius 1 is 0.955 bits per heavy atom. The molecule has 1 aliphatic rings. The van der Waals surface area contributed by atoms with E-state index in [4.69, 9.17) is 4.98 Å². The number of aromatic nitrogens is 1. The predicted octanol–water partition coefficient (Wildman–Crippen LogP) is 10.0. The first-order valence-corrected chi connectivity index (χ1v) is 15.8. The number of benzene rings is 2. The molecule has 0 fully saturated rings. The van der Waals surface area contributed by atoms with Crippen molar-refractivity contribution in [3.8, 4) is 11.3 Å². The summed E-state index contributed by atoms with van der Waals surface area (Å²) in [7, 11) is 4.25. The fourth-order valence-electron chi connectivity index (χ4n) is 6.12. The van der Waals surface area contributed by atoms with Gasteiger partial charge in [-0.25, -0.2) is 0 Å². The van der Waals surface area contributed by atoms with Crippen LogP contribution in [0.15, 0.2) is 65.8 Å². The summed E-state index contributed by atoms with van der Waals surface area (Å²) >= 11 is 0. The van der Waals surface area contributed by atoms with Crippen molar-refractivity contribution in [2.24, 2.45) is 11.8 Å². The number of aliphatic hydroxyl groups is 1. The minimum atomic E-state index is 0. The van der Waals surface area contributed by atoms with E-state index in [-0.39, 0.29) is 48.9 Å². The average molecular weight is 775 g/mol. The molecule has 1 N–H and O–H groups in total. The van der Waals surface area contributed by atoms with Crippen LogP contribution in [0.2, 0.25) is 0 Å². The second-order valence-electron chi connectivity index (χ2n) is 12.9. The van der Waals surface area contributed by atoms with Gasteiger partial charge in [0.1, 0.15) is 5.82 Å². The summed E-state index contributed by atoms with van der Waals surface area (Å²) in [4.78, 5) is 21.0. The average Bonchev–Trinajstić information content (AvgIpc) is 3.23. The van der Waals surface area contributed by atoms with Gasteiger partial charge in [-0.15, -0.1) is 29.1 Å². The molecule has 0 unspecified atom stereocenters. The van der Waals surface area contributed by atoms with Gasteiger partial charge in [0.15, 0.2) is 5.78 Å². The van der Waals surface area contributed by atoms with Crippen LogP contribution < -0.4 is 9.80 Å². The molecule has 3 aromatic rings. The number of ketones is 1. The van der Waals surface area contributed by atoms with Crippen LogP contribution in [-0.4, -0.2) is 30.0 Å². The summed E-state index contributed by atoms with van der Waals surface area (Å²) in [6.07, 6.45) is 6.82. The van der Waals surface area contributed by atoms with E-state index in [1.807, 2.05) is 33.9 Å². The Morgan fingerprint density at radius 3 is 2.09 bits per heavy atom. The van der Waals surface area contributed by atoms with Gasteiger partial charge in [-0.1, -0.05) is 77.6 Å². The van der Waals surface area contributed by atoms with E-state index in [1.165, 1.54) is 34.1 Å². The number of hydrogen-bond donors (Lipinski definition) is 1. The molecule has 5 nitrogen and oxygen atoms in total. The quantitative estimate of drug-likeness (QED) is 0.140. The van der Waals surface area contributed by atoms with Gasteiger partial charge in [-0.3, -0.25) is 9.78 Å². The molecule has 1 aromatic heterocycles. The summed E-state index contributed by atoms with van der Waals surface area (Å²) in [6, 6.07) is 16.5. The van der Waals surface area contributed by atoms with E-state index in [0.717, 1.165) is 48.0 Å². The van der Waals surface area contributed by atoms with E-state index >= 15 is 0 Å². The molecular formula is C38H52IrN3O2-. The normalized spacial score (nSPS) is 13.2. The molecule has 4 rings (SSSR count). The second-order valence-corrected chi connectivity index (χ2v) is 12.9. The predicted molar refractivity (Wildman–Crippen MR) is 184 cm³/mol. The van der Waals surface area contributed by atoms with Crippen molar-refractivity contribution >= 4 is 27.9 Å². The summed E-state index contributed by atoms with van der Waals surface area (Å²) < 4.78 is 0. The third-order valence-corrected chi connectivity index (χ3v) is 8.60. The monoisotopic (exact) mass is 775 g/mol. The van der Waals surface area contributed by atoms with Crippen molar-refractivity contribution in [2.75, 3.05) is 23.9 Å². The Bertz CT molecular complexity index is 1490. The largest absolute Gasteiger partial charge is 0.512 e. The van der Waals surface area contributed by atoms with E-state index in [9.17, 15) is 9.90 Å². The molecule has 6 heteroatoms. The molecule has 0 bridgehead atoms. The van der Waals surface area contributed by atoms with E-state index in [2.05, 4.69) is 101 Å². The molecule has 44 heavy (non-hydrogen) atoms. The topological polar surface area (TPSA) is 56.7 Å². The molecule has 1 radical (unpaired) electrons. The molecule has 0 atom stereocenters. The number of fused-ring (bicyclic) bond motifs is 2. The third kappa shape index (κ3) is 8.00. The van der Waals surface area contributed by atoms with Crippen molar-refractivity contribution in [1.82, 2.24) is 4.98 Å². The van der Waals surface area contributed by atoms with Crippen LogP contribution in [0.3, 0.4) is 0 Å². The summed E-state index contributed by atoms with van der Waals surface area (Å²) in [5, 5.41) is 12.2. The number of anilines is 2. The second kappa shape index (κ2) is 15.9. The molecule has 0 saturated heterocycles. The fourth-order valence-corrected chi connectivity index (χ4v) is 6.12. The van der Waals surface area contributed by atoms with Gasteiger partial charge < -0.3 is 14.9 Å². The number of allylic oxidation sites excluding steroid dienone is 3. The third-order valence-electron chi connectivity index (χ3n) is 8.60. The molecule has 0 amide bonds. The molecule has 0 aliphatic carbocycles. The number of hydrogen-bond acceptors (Lipinski definition) is 5. The number of rotatable bonds is 8. The fraction of sp³-hybridized carbons (Fsp3) is 0.474. The molecular weight excluding hydrogens is 723 g/mol. The molecule has 2 heterocycles. The first-order valence-electron chi connectivity index (χ1n) is 15.8. The van der Waals surface area contributed by atoms with Gasteiger partial charge in [0.25, 0.3) is 0 Å². The summed E-state index contributed by atoms with van der Waals surface area (Å²) in [5.74, 6) is 1.76. The SMILES string of the molecule is CC(C)=C1N(C)c2ccnc(-c3[c-]c4ccccc4c(C(C)(C)C)c3)c2N1C.CCC(CC)C(=O)/C=C(\O)C(CC)CC.[Ir]. The van der Waals surface area contributed by atoms with Crippen LogP contribution in [0.25, 0.3) is 22.0 Å². The molecule has 241 valence electrons. The minimum Gasteiger partial charge on any atom is -0.512 e. The van der Waals surface area contributed by atoms with E-state index in [0.29, 0.717) is 0 Å². The van der Waals surface area contributed by atoms with Gasteiger partial charge in [-0.2, -0.15) is 0 Å². The van der Waals surface area contributed by atoms with Crippen LogP contribution in [-0.2, 0) is 30.3 Å². The van der Waals surface area contributed by atoms with Crippen LogP contribution in [0, 0.1) is 17.9 Å². The number of aliphatic hydroxyl groups excluding tert-OH is 1. The number of pyridine rings is 1. The Morgan fingerprint density at radius 2 is 1.55 bits per heavy atom. The Kier molecular flexibility index (Phi) is 13.4. The number of carbonyl (C=O) groups excluding carboxylic acids is 1. The minimum absolute atomic E-state index is 0. The maximum absolute atomic E-state index is 11.7. The van der Waals surface area contributed by atoms with Crippen molar-refractivity contribution in [1.29, 1.82) is 0 Å². The van der Waals surface area contributed by atoms with E-state index < -0.39 is 0 Å². The molecule has 1 aliphatic heterocycles. The zero-order valence-corrected chi connectivity index (χ0v) is 31.0. The Labute approximate surface area is 279 Å². The number of nitrogens with zero attached hydrogens (tertiary/aromatic N) is 3. The molecule has 0 saturated carbocycles. The van der Waals surface area contributed by atoms with Crippen molar-refractivity contribution in [3.63, 3.8) is 0 Å². The summed E-state index contributed by atoms with van der Waals surface area (Å²) in [6.45, 7) is 19.2. The van der Waals surface area contributed by atoms with Gasteiger partial charge in [0.05, 0.1) is 17.1 Å². The maximum Gasteiger partial charge on any atom is 0.162 e. The van der Waals surface area contributed by atoms with Crippen molar-refractivity contribution in [3.05, 3.63) is 77.5 Å². The van der Waals surface area contributed by atoms with Gasteiger partial charge in [0.2, 0.25) is 0 Å². The maximum atomic E-state index is 11.7. The van der Waals surface area contributed by atoms with Gasteiger partial charge >= 0.3 is 0 Å². The zero-order chi connectivity index (χ0) is 32.1. The summed E-state index contributed by atoms with van der Waals surface area (Å²) in [5.41, 5.74) is 7.01. The first kappa shape index (κ1) is 37.2. The van der Waals surface area contributed by atoms with Gasteiger partial charge in [-0.05, 0) is 56.6 Å². The van der Waals surface area contributed by atoms with Crippen molar-refractivity contribution in [2.45, 2.75) is 93.4 Å². The standard InChI is InChI=1S/C25H28N3.C13H24O2.Ir/c1-16(2)24-27(6)21-12-13-26-22(23(21)28(24)7)18-14-17-10-8-9-11-19(17)20(15-18)25(3,4)5;1-5-10(6-2)12(14)9-13(15)11(7-3)8-4;/h8-13,15H,1-7H3;9-11,14H,5-8H2,1-4H3;/q-1;;/b;12-9-;. The van der Waals surface area contributed by atoms with Crippen LogP contribution in [0.1, 0.15) is 93.6 Å². The van der Waals surface area contributed by atoms with Crippen LogP contribution in [0.4, 0.5) is 11.4 Å². The Hall–Kier alpha value is -2.95.